The number of nitrogens with one attached hydrogen (secondary N) is 1. The van der Waals surface area contributed by atoms with Crippen molar-refractivity contribution in [1.29, 1.82) is 0 Å². The normalized spacial score (nSPS) is 14.8. The van der Waals surface area contributed by atoms with Crippen molar-refractivity contribution < 1.29 is 18.3 Å². The number of benzene rings is 1. The predicted octanol–water partition coefficient (Wildman–Crippen LogP) is 1.91. The minimum Gasteiger partial charge on any atom is -0.494 e. The van der Waals surface area contributed by atoms with Crippen LogP contribution in [0, 0.1) is 0 Å². The minimum absolute atomic E-state index is 0.0594. The Kier molecular flexibility index (Phi) is 5.98. The third-order valence-electron chi connectivity index (χ3n) is 3.27. The Morgan fingerprint density at radius 1 is 1.25 bits per heavy atom. The van der Waals surface area contributed by atoms with Crippen LogP contribution < -0.4 is 9.46 Å². The van der Waals surface area contributed by atoms with E-state index in [0.29, 0.717) is 25.2 Å². The van der Waals surface area contributed by atoms with Crippen molar-refractivity contribution in [1.82, 2.24) is 4.72 Å². The maximum atomic E-state index is 12.3. The highest BCUT2D eigenvalue weighted by molar-refractivity contribution is 7.89. The number of ether oxygens (including phenoxy) is 1. The first-order valence-electron chi connectivity index (χ1n) is 6.74. The van der Waals surface area contributed by atoms with E-state index in [1.165, 1.54) is 12.1 Å². The fourth-order valence-electron chi connectivity index (χ4n) is 1.81. The van der Waals surface area contributed by atoms with Crippen LogP contribution in [-0.4, -0.2) is 32.3 Å². The van der Waals surface area contributed by atoms with Gasteiger partial charge in [-0.2, -0.15) is 0 Å². The van der Waals surface area contributed by atoms with E-state index in [2.05, 4.69) is 4.72 Å². The van der Waals surface area contributed by atoms with Crippen molar-refractivity contribution >= 4 is 10.0 Å². The van der Waals surface area contributed by atoms with Crippen molar-refractivity contribution in [3.8, 4) is 5.75 Å². The zero-order valence-electron chi connectivity index (χ0n) is 12.2. The molecular formula is C14H23NO4S. The highest BCUT2D eigenvalue weighted by Gasteiger charge is 2.28. The van der Waals surface area contributed by atoms with E-state index in [9.17, 15) is 8.42 Å². The van der Waals surface area contributed by atoms with Gasteiger partial charge in [0.05, 0.1) is 11.5 Å². The van der Waals surface area contributed by atoms with Gasteiger partial charge in [-0.05, 0) is 51.0 Å². The standard InChI is InChI=1S/C14H23NO4S/c1-4-14(3,10-11-16)15-20(17,18)13-8-6-12(7-9-13)19-5-2/h6-9,15-16H,4-5,10-11H2,1-3H3. The van der Waals surface area contributed by atoms with Crippen LogP contribution in [0.2, 0.25) is 0 Å². The quantitative estimate of drug-likeness (QED) is 0.769. The van der Waals surface area contributed by atoms with Gasteiger partial charge >= 0.3 is 0 Å². The first-order valence-corrected chi connectivity index (χ1v) is 8.23. The van der Waals surface area contributed by atoms with Crippen molar-refractivity contribution in [2.75, 3.05) is 13.2 Å². The lowest BCUT2D eigenvalue weighted by molar-refractivity contribution is 0.233. The molecule has 0 amide bonds. The lowest BCUT2D eigenvalue weighted by atomic mass is 9.97. The van der Waals surface area contributed by atoms with Crippen molar-refractivity contribution in [3.05, 3.63) is 24.3 Å². The Labute approximate surface area is 121 Å². The predicted molar refractivity (Wildman–Crippen MR) is 78.3 cm³/mol. The van der Waals surface area contributed by atoms with Gasteiger partial charge in [-0.15, -0.1) is 0 Å². The second kappa shape index (κ2) is 7.06. The van der Waals surface area contributed by atoms with Crippen LogP contribution in [0.25, 0.3) is 0 Å². The number of hydrogen-bond donors (Lipinski definition) is 2. The van der Waals surface area contributed by atoms with E-state index < -0.39 is 15.6 Å². The van der Waals surface area contributed by atoms with Gasteiger partial charge in [-0.25, -0.2) is 13.1 Å². The molecule has 1 aromatic carbocycles. The van der Waals surface area contributed by atoms with Gasteiger partial charge in [-0.1, -0.05) is 6.92 Å². The van der Waals surface area contributed by atoms with E-state index in [4.69, 9.17) is 9.84 Å². The molecular weight excluding hydrogens is 278 g/mol. The molecule has 114 valence electrons. The average Bonchev–Trinajstić information content (AvgIpc) is 2.39. The van der Waals surface area contributed by atoms with Gasteiger partial charge in [0.1, 0.15) is 5.75 Å². The summed E-state index contributed by atoms with van der Waals surface area (Å²) in [5.74, 6) is 0.639. The van der Waals surface area contributed by atoms with E-state index in [1.807, 2.05) is 13.8 Å². The van der Waals surface area contributed by atoms with Crippen LogP contribution in [0.4, 0.5) is 0 Å². The van der Waals surface area contributed by atoms with Crippen molar-refractivity contribution in [3.63, 3.8) is 0 Å². The molecule has 1 unspecified atom stereocenters. The van der Waals surface area contributed by atoms with E-state index in [1.54, 1.807) is 19.1 Å². The second-order valence-electron chi connectivity index (χ2n) is 4.90. The Morgan fingerprint density at radius 2 is 1.85 bits per heavy atom. The van der Waals surface area contributed by atoms with Crippen molar-refractivity contribution in [2.24, 2.45) is 0 Å². The number of hydrogen-bond acceptors (Lipinski definition) is 4. The van der Waals surface area contributed by atoms with Crippen LogP contribution in [0.15, 0.2) is 29.2 Å². The third kappa shape index (κ3) is 4.47. The molecule has 2 N–H and O–H groups in total. The highest BCUT2D eigenvalue weighted by Crippen LogP contribution is 2.21. The lowest BCUT2D eigenvalue weighted by Gasteiger charge is -2.28. The lowest BCUT2D eigenvalue weighted by Crippen LogP contribution is -2.46. The number of rotatable bonds is 8. The monoisotopic (exact) mass is 301 g/mol. The maximum absolute atomic E-state index is 12.3. The molecule has 0 fully saturated rings. The van der Waals surface area contributed by atoms with Crippen LogP contribution in [0.5, 0.6) is 5.75 Å². The fraction of sp³-hybridized carbons (Fsp3) is 0.571. The number of aliphatic hydroxyl groups is 1. The Morgan fingerprint density at radius 3 is 2.30 bits per heavy atom. The SMILES string of the molecule is CCOc1ccc(S(=O)(=O)NC(C)(CC)CCO)cc1. The number of aliphatic hydroxyl groups excluding tert-OH is 1. The summed E-state index contributed by atoms with van der Waals surface area (Å²) in [6.45, 7) is 6.02. The molecule has 6 heteroatoms. The van der Waals surface area contributed by atoms with E-state index >= 15 is 0 Å². The van der Waals surface area contributed by atoms with Gasteiger partial charge in [0.15, 0.2) is 0 Å². The smallest absolute Gasteiger partial charge is 0.241 e. The van der Waals surface area contributed by atoms with E-state index in [-0.39, 0.29) is 11.5 Å². The first kappa shape index (κ1) is 16.9. The molecule has 20 heavy (non-hydrogen) atoms. The molecule has 0 bridgehead atoms. The largest absolute Gasteiger partial charge is 0.494 e. The van der Waals surface area contributed by atoms with Gasteiger partial charge < -0.3 is 9.84 Å². The molecule has 0 saturated heterocycles. The molecule has 0 aliphatic heterocycles. The summed E-state index contributed by atoms with van der Waals surface area (Å²) in [5.41, 5.74) is -0.647. The highest BCUT2D eigenvalue weighted by atomic mass is 32.2. The molecule has 1 rings (SSSR count). The average molecular weight is 301 g/mol. The minimum atomic E-state index is -3.60. The molecule has 0 heterocycles. The molecule has 0 aliphatic rings. The van der Waals surface area contributed by atoms with Gasteiger partial charge in [0, 0.05) is 12.1 Å². The molecule has 0 radical (unpaired) electrons. The maximum Gasteiger partial charge on any atom is 0.241 e. The topological polar surface area (TPSA) is 75.6 Å². The molecule has 1 atom stereocenters. The molecule has 0 saturated carbocycles. The summed E-state index contributed by atoms with van der Waals surface area (Å²) in [7, 11) is -3.60. The zero-order chi connectivity index (χ0) is 15.2. The van der Waals surface area contributed by atoms with Crippen LogP contribution in [0.3, 0.4) is 0 Å². The summed E-state index contributed by atoms with van der Waals surface area (Å²) >= 11 is 0. The van der Waals surface area contributed by atoms with Crippen LogP contribution in [-0.2, 0) is 10.0 Å². The third-order valence-corrected chi connectivity index (χ3v) is 4.92. The van der Waals surface area contributed by atoms with Crippen LogP contribution >= 0.6 is 0 Å². The summed E-state index contributed by atoms with van der Waals surface area (Å²) in [5, 5.41) is 9.04. The molecule has 0 aromatic heterocycles. The summed E-state index contributed by atoms with van der Waals surface area (Å²) < 4.78 is 32.6. The Hall–Kier alpha value is -1.11. The fourth-order valence-corrected chi connectivity index (χ4v) is 3.32. The van der Waals surface area contributed by atoms with E-state index in [0.717, 1.165) is 0 Å². The first-order chi connectivity index (χ1) is 9.37. The second-order valence-corrected chi connectivity index (χ2v) is 6.58. The molecule has 5 nitrogen and oxygen atoms in total. The van der Waals surface area contributed by atoms with Gasteiger partial charge in [-0.3, -0.25) is 0 Å². The van der Waals surface area contributed by atoms with Crippen LogP contribution in [0.1, 0.15) is 33.6 Å². The Balaban J connectivity index is 2.92. The van der Waals surface area contributed by atoms with Crippen molar-refractivity contribution in [2.45, 2.75) is 44.0 Å². The van der Waals surface area contributed by atoms with Gasteiger partial charge in [0.2, 0.25) is 10.0 Å². The summed E-state index contributed by atoms with van der Waals surface area (Å²) in [6, 6.07) is 6.30. The number of sulfonamides is 1. The molecule has 0 spiro atoms. The zero-order valence-corrected chi connectivity index (χ0v) is 13.0. The molecule has 1 aromatic rings. The summed E-state index contributed by atoms with van der Waals surface area (Å²) in [6.07, 6.45) is 0.976. The molecule has 0 aliphatic carbocycles. The summed E-state index contributed by atoms with van der Waals surface area (Å²) in [4.78, 5) is 0.193. The Bertz CT molecular complexity index is 512. The van der Waals surface area contributed by atoms with Gasteiger partial charge in [0.25, 0.3) is 0 Å².